The van der Waals surface area contributed by atoms with Crippen molar-refractivity contribution in [2.24, 2.45) is 0 Å². The number of fused-ring (bicyclic) bond motifs is 1. The number of amides is 2. The highest BCUT2D eigenvalue weighted by Gasteiger charge is 2.23. The van der Waals surface area contributed by atoms with Gasteiger partial charge >= 0.3 is 0 Å². The summed E-state index contributed by atoms with van der Waals surface area (Å²) in [5.41, 5.74) is 1.19. The van der Waals surface area contributed by atoms with Gasteiger partial charge in [-0.25, -0.2) is 0 Å². The third-order valence-electron chi connectivity index (χ3n) is 2.32. The number of benzene rings is 1. The van der Waals surface area contributed by atoms with Crippen molar-refractivity contribution in [3.63, 3.8) is 0 Å². The molecular weight excluding hydrogens is 288 g/mol. The van der Waals surface area contributed by atoms with Gasteiger partial charge in [0.25, 0.3) is 5.91 Å². The Morgan fingerprint density at radius 1 is 1.59 bits per heavy atom. The maximum absolute atomic E-state index is 11.4. The van der Waals surface area contributed by atoms with Crippen molar-refractivity contribution in [1.29, 1.82) is 0 Å². The van der Waals surface area contributed by atoms with Gasteiger partial charge < -0.3 is 15.4 Å². The number of rotatable bonds is 2. The number of carbonyl (C=O) groups excluding carboxylic acids is 2. The Bertz CT molecular complexity index is 476. The molecule has 1 heterocycles. The second-order valence-corrected chi connectivity index (χ2v) is 4.20. The first kappa shape index (κ1) is 11.9. The zero-order valence-corrected chi connectivity index (χ0v) is 10.7. The van der Waals surface area contributed by atoms with Gasteiger partial charge in [0.15, 0.2) is 6.10 Å². The van der Waals surface area contributed by atoms with Crippen LogP contribution in [0.5, 0.6) is 5.75 Å². The summed E-state index contributed by atoms with van der Waals surface area (Å²) in [5.74, 6) is 0.261. The van der Waals surface area contributed by atoms with E-state index in [-0.39, 0.29) is 17.1 Å². The van der Waals surface area contributed by atoms with E-state index in [1.807, 2.05) is 0 Å². The van der Waals surface area contributed by atoms with E-state index < -0.39 is 6.10 Å². The highest BCUT2D eigenvalue weighted by Crippen LogP contribution is 2.32. The molecule has 0 bridgehead atoms. The van der Waals surface area contributed by atoms with Gasteiger partial charge in [0.1, 0.15) is 5.75 Å². The monoisotopic (exact) mass is 298 g/mol. The van der Waals surface area contributed by atoms with Gasteiger partial charge in [-0.2, -0.15) is 0 Å². The largest absolute Gasteiger partial charge is 0.479 e. The summed E-state index contributed by atoms with van der Waals surface area (Å²) in [4.78, 5) is 22.6. The molecule has 0 saturated heterocycles. The molecule has 1 aliphatic rings. The lowest BCUT2D eigenvalue weighted by molar-refractivity contribution is -0.122. The summed E-state index contributed by atoms with van der Waals surface area (Å²) in [6, 6.07) is 5.11. The number of hydrogen-bond donors (Lipinski definition) is 2. The van der Waals surface area contributed by atoms with Crippen LogP contribution in [0.3, 0.4) is 0 Å². The van der Waals surface area contributed by atoms with E-state index in [2.05, 4.69) is 26.6 Å². The van der Waals surface area contributed by atoms with Gasteiger partial charge in [0, 0.05) is 5.69 Å². The minimum absolute atomic E-state index is 0.152. The Morgan fingerprint density at radius 3 is 3.06 bits per heavy atom. The first-order valence-corrected chi connectivity index (χ1v) is 6.19. The van der Waals surface area contributed by atoms with E-state index >= 15 is 0 Å². The van der Waals surface area contributed by atoms with Crippen LogP contribution in [-0.2, 0) is 9.59 Å². The maximum Gasteiger partial charge on any atom is 0.265 e. The normalized spacial score (nSPS) is 17.8. The molecule has 1 aliphatic heterocycles. The van der Waals surface area contributed by atoms with E-state index in [4.69, 9.17) is 4.74 Å². The molecule has 6 heteroatoms. The van der Waals surface area contributed by atoms with Crippen LogP contribution in [-0.4, -0.2) is 23.2 Å². The van der Waals surface area contributed by atoms with E-state index in [9.17, 15) is 9.59 Å². The molecule has 0 aromatic heterocycles. The number of nitrogens with one attached hydrogen (secondary N) is 2. The molecule has 1 aromatic rings. The summed E-state index contributed by atoms with van der Waals surface area (Å²) in [7, 11) is 0. The van der Waals surface area contributed by atoms with E-state index in [0.717, 1.165) is 0 Å². The van der Waals surface area contributed by atoms with Gasteiger partial charge in [-0.1, -0.05) is 15.9 Å². The fourth-order valence-electron chi connectivity index (χ4n) is 1.48. The molecule has 0 radical (unpaired) electrons. The van der Waals surface area contributed by atoms with Gasteiger partial charge in [0.2, 0.25) is 5.91 Å². The Labute approximate surface area is 107 Å². The first-order chi connectivity index (χ1) is 8.10. The lowest BCUT2D eigenvalue weighted by Gasteiger charge is -2.23. The summed E-state index contributed by atoms with van der Waals surface area (Å²) >= 11 is 3.06. The highest BCUT2D eigenvalue weighted by molar-refractivity contribution is 9.09. The van der Waals surface area contributed by atoms with Crippen molar-refractivity contribution >= 4 is 39.1 Å². The van der Waals surface area contributed by atoms with Crippen LogP contribution >= 0.6 is 15.9 Å². The van der Waals surface area contributed by atoms with Crippen LogP contribution in [0, 0.1) is 0 Å². The van der Waals surface area contributed by atoms with Crippen molar-refractivity contribution in [2.45, 2.75) is 13.0 Å². The SMILES string of the molecule is CC1Oc2ccc(NC(=O)CBr)cc2NC1=O. The van der Waals surface area contributed by atoms with Crippen molar-refractivity contribution in [1.82, 2.24) is 0 Å². The van der Waals surface area contributed by atoms with Gasteiger partial charge in [-0.3, -0.25) is 9.59 Å². The van der Waals surface area contributed by atoms with Gasteiger partial charge in [-0.05, 0) is 25.1 Å². The molecule has 0 aliphatic carbocycles. The van der Waals surface area contributed by atoms with E-state index in [0.29, 0.717) is 17.1 Å². The molecule has 0 saturated carbocycles. The fourth-order valence-corrected chi connectivity index (χ4v) is 1.62. The Kier molecular flexibility index (Phi) is 3.33. The molecule has 1 aromatic carbocycles. The molecule has 2 N–H and O–H groups in total. The molecule has 2 rings (SSSR count). The second-order valence-electron chi connectivity index (χ2n) is 3.64. The molecule has 17 heavy (non-hydrogen) atoms. The minimum atomic E-state index is -0.495. The predicted molar refractivity (Wildman–Crippen MR) is 67.6 cm³/mol. The molecule has 90 valence electrons. The molecule has 0 spiro atoms. The zero-order chi connectivity index (χ0) is 12.4. The number of halogens is 1. The predicted octanol–water partition coefficient (Wildman–Crippen LogP) is 1.74. The van der Waals surface area contributed by atoms with E-state index in [1.165, 1.54) is 0 Å². The zero-order valence-electron chi connectivity index (χ0n) is 9.12. The summed E-state index contributed by atoms with van der Waals surface area (Å²) in [6.45, 7) is 1.68. The molecular formula is C11H11BrN2O3. The number of alkyl halides is 1. The van der Waals surface area contributed by atoms with Crippen LogP contribution < -0.4 is 15.4 Å². The van der Waals surface area contributed by atoms with Gasteiger partial charge in [-0.15, -0.1) is 0 Å². The second kappa shape index (κ2) is 4.75. The minimum Gasteiger partial charge on any atom is -0.479 e. The van der Waals surface area contributed by atoms with Crippen molar-refractivity contribution in [3.05, 3.63) is 18.2 Å². The average Bonchev–Trinajstić information content (AvgIpc) is 2.31. The maximum atomic E-state index is 11.4. The van der Waals surface area contributed by atoms with Crippen molar-refractivity contribution < 1.29 is 14.3 Å². The Morgan fingerprint density at radius 2 is 2.35 bits per heavy atom. The van der Waals surface area contributed by atoms with Crippen LogP contribution in [0.2, 0.25) is 0 Å². The number of hydrogen-bond acceptors (Lipinski definition) is 3. The van der Waals surface area contributed by atoms with Crippen molar-refractivity contribution in [3.8, 4) is 5.75 Å². The molecule has 5 nitrogen and oxygen atoms in total. The van der Waals surface area contributed by atoms with Crippen LogP contribution in [0.15, 0.2) is 18.2 Å². The summed E-state index contributed by atoms with van der Waals surface area (Å²) < 4.78 is 5.40. The summed E-state index contributed by atoms with van der Waals surface area (Å²) in [5, 5.41) is 5.62. The smallest absolute Gasteiger partial charge is 0.265 e. The topological polar surface area (TPSA) is 67.4 Å². The quantitative estimate of drug-likeness (QED) is 0.817. The number of carbonyl (C=O) groups is 2. The average molecular weight is 299 g/mol. The van der Waals surface area contributed by atoms with Crippen LogP contribution in [0.4, 0.5) is 11.4 Å². The standard InChI is InChI=1S/C11H11BrN2O3/c1-6-11(16)14-8-4-7(13-10(15)5-12)2-3-9(8)17-6/h2-4,6H,5H2,1H3,(H,13,15)(H,14,16). The number of ether oxygens (including phenoxy) is 1. The molecule has 1 unspecified atom stereocenters. The van der Waals surface area contributed by atoms with Crippen LogP contribution in [0.25, 0.3) is 0 Å². The Balaban J connectivity index is 2.22. The molecule has 1 atom stereocenters. The molecule has 2 amide bonds. The lowest BCUT2D eigenvalue weighted by Crippen LogP contribution is -2.34. The lowest BCUT2D eigenvalue weighted by atomic mass is 10.2. The fraction of sp³-hybridized carbons (Fsp3) is 0.273. The van der Waals surface area contributed by atoms with Crippen LogP contribution in [0.1, 0.15) is 6.92 Å². The third kappa shape index (κ3) is 2.58. The third-order valence-corrected chi connectivity index (χ3v) is 2.82. The first-order valence-electron chi connectivity index (χ1n) is 5.07. The summed E-state index contributed by atoms with van der Waals surface area (Å²) in [6.07, 6.45) is -0.495. The van der Waals surface area contributed by atoms with Gasteiger partial charge in [0.05, 0.1) is 11.0 Å². The number of anilines is 2. The van der Waals surface area contributed by atoms with E-state index in [1.54, 1.807) is 25.1 Å². The van der Waals surface area contributed by atoms with Crippen molar-refractivity contribution in [2.75, 3.05) is 16.0 Å². The molecule has 0 fully saturated rings. The Hall–Kier alpha value is -1.56. The highest BCUT2D eigenvalue weighted by atomic mass is 79.9.